The van der Waals surface area contributed by atoms with Crippen LogP contribution in [0.4, 0.5) is 19.3 Å². The van der Waals surface area contributed by atoms with Gasteiger partial charge in [-0.3, -0.25) is 0 Å². The standard InChI is InChI=1S/C28H25F2N3O/c1-16-12-17(2)14-18(13-16)31-27(34)33-15-28(10-11-28)24-19-6-3-4-9-22(19)32-25(24)26(33)23-20(29)7-5-8-21(23)30/h3-9,12-14,26,32H,10-11,15H2,1-2H3,(H,31,34). The van der Waals surface area contributed by atoms with Crippen LogP contribution in [0.5, 0.6) is 0 Å². The van der Waals surface area contributed by atoms with Crippen LogP contribution in [0.15, 0.2) is 60.7 Å². The van der Waals surface area contributed by atoms with Crippen LogP contribution in [0.1, 0.15) is 46.8 Å². The number of fused-ring (bicyclic) bond motifs is 4. The molecule has 1 aliphatic heterocycles. The van der Waals surface area contributed by atoms with Crippen molar-refractivity contribution in [3.63, 3.8) is 0 Å². The average molecular weight is 458 g/mol. The molecular formula is C28H25F2N3O. The van der Waals surface area contributed by atoms with Gasteiger partial charge in [-0.25, -0.2) is 13.6 Å². The number of aromatic nitrogens is 1. The molecule has 1 spiro atoms. The molecule has 3 aromatic carbocycles. The molecule has 6 rings (SSSR count). The van der Waals surface area contributed by atoms with Gasteiger partial charge in [0.2, 0.25) is 0 Å². The van der Waals surface area contributed by atoms with E-state index in [9.17, 15) is 4.79 Å². The molecule has 0 radical (unpaired) electrons. The number of rotatable bonds is 2. The minimum Gasteiger partial charge on any atom is -0.356 e. The summed E-state index contributed by atoms with van der Waals surface area (Å²) < 4.78 is 30.3. The summed E-state index contributed by atoms with van der Waals surface area (Å²) in [7, 11) is 0. The van der Waals surface area contributed by atoms with Gasteiger partial charge in [0.15, 0.2) is 0 Å². The van der Waals surface area contributed by atoms with Crippen molar-refractivity contribution in [3.8, 4) is 0 Å². The highest BCUT2D eigenvalue weighted by Crippen LogP contribution is 2.58. The quantitative estimate of drug-likeness (QED) is 0.344. The zero-order valence-corrected chi connectivity index (χ0v) is 19.1. The Morgan fingerprint density at radius 1 is 1.00 bits per heavy atom. The summed E-state index contributed by atoms with van der Waals surface area (Å²) in [6.07, 6.45) is 1.86. The largest absolute Gasteiger partial charge is 0.356 e. The highest BCUT2D eigenvalue weighted by molar-refractivity contribution is 5.92. The van der Waals surface area contributed by atoms with Crippen LogP contribution in [0.25, 0.3) is 10.9 Å². The summed E-state index contributed by atoms with van der Waals surface area (Å²) in [6, 6.07) is 16.3. The molecule has 1 unspecified atom stereocenters. The lowest BCUT2D eigenvalue weighted by atomic mass is 9.83. The molecule has 4 aromatic rings. The first kappa shape index (κ1) is 20.9. The van der Waals surface area contributed by atoms with Gasteiger partial charge in [0.1, 0.15) is 17.7 Å². The summed E-state index contributed by atoms with van der Waals surface area (Å²) in [5, 5.41) is 4.05. The van der Waals surface area contributed by atoms with Gasteiger partial charge in [-0.1, -0.05) is 30.3 Å². The van der Waals surface area contributed by atoms with Crippen LogP contribution in [0.3, 0.4) is 0 Å². The molecule has 1 saturated carbocycles. The SMILES string of the molecule is Cc1cc(C)cc(NC(=O)N2CC3(CC3)c3c([nH]c4ccccc34)C2c2c(F)cccc2F)c1. The van der Waals surface area contributed by atoms with Gasteiger partial charge in [0.05, 0.1) is 5.56 Å². The van der Waals surface area contributed by atoms with Crippen LogP contribution in [-0.4, -0.2) is 22.5 Å². The molecule has 1 aliphatic carbocycles. The second-order valence-corrected chi connectivity index (χ2v) is 9.71. The number of urea groups is 1. The van der Waals surface area contributed by atoms with Crippen LogP contribution >= 0.6 is 0 Å². The zero-order chi connectivity index (χ0) is 23.6. The number of carbonyl (C=O) groups excluding carboxylic acids is 1. The minimum absolute atomic E-state index is 0.110. The lowest BCUT2D eigenvalue weighted by Gasteiger charge is -2.40. The topological polar surface area (TPSA) is 48.1 Å². The van der Waals surface area contributed by atoms with Crippen molar-refractivity contribution in [2.45, 2.75) is 38.1 Å². The maximum absolute atomic E-state index is 15.1. The number of aryl methyl sites for hydroxylation is 2. The summed E-state index contributed by atoms with van der Waals surface area (Å²) in [5.41, 5.74) is 5.12. The number of hydrogen-bond donors (Lipinski definition) is 2. The van der Waals surface area contributed by atoms with E-state index in [2.05, 4.69) is 10.3 Å². The number of halogens is 2. The number of H-pyrrole nitrogens is 1. The molecule has 1 atom stereocenters. The lowest BCUT2D eigenvalue weighted by Crippen LogP contribution is -2.47. The van der Waals surface area contributed by atoms with Crippen molar-refractivity contribution in [1.29, 1.82) is 0 Å². The first-order valence-electron chi connectivity index (χ1n) is 11.6. The van der Waals surface area contributed by atoms with Crippen molar-refractivity contribution in [3.05, 3.63) is 100 Å². The highest BCUT2D eigenvalue weighted by Gasteiger charge is 2.55. The molecule has 172 valence electrons. The number of aromatic amines is 1. The second kappa shape index (κ2) is 7.42. The van der Waals surface area contributed by atoms with Crippen molar-refractivity contribution in [2.75, 3.05) is 11.9 Å². The predicted molar refractivity (Wildman–Crippen MR) is 129 cm³/mol. The maximum Gasteiger partial charge on any atom is 0.322 e. The lowest BCUT2D eigenvalue weighted by molar-refractivity contribution is 0.179. The number of para-hydroxylation sites is 1. The summed E-state index contributed by atoms with van der Waals surface area (Å²) in [4.78, 5) is 18.7. The maximum atomic E-state index is 15.1. The van der Waals surface area contributed by atoms with Gasteiger partial charge < -0.3 is 15.2 Å². The summed E-state index contributed by atoms with van der Waals surface area (Å²) >= 11 is 0. The molecule has 2 heterocycles. The van der Waals surface area contributed by atoms with E-state index >= 15 is 8.78 Å². The third kappa shape index (κ3) is 3.20. The molecular weight excluding hydrogens is 432 g/mol. The van der Waals surface area contributed by atoms with Crippen molar-refractivity contribution < 1.29 is 13.6 Å². The van der Waals surface area contributed by atoms with E-state index in [1.807, 2.05) is 56.3 Å². The van der Waals surface area contributed by atoms with Gasteiger partial charge in [-0.2, -0.15) is 0 Å². The normalized spacial score (nSPS) is 18.2. The Balaban J connectivity index is 1.53. The molecule has 4 nitrogen and oxygen atoms in total. The predicted octanol–water partition coefficient (Wildman–Crippen LogP) is 6.73. The Labute approximate surface area is 196 Å². The fourth-order valence-corrected chi connectivity index (χ4v) is 5.65. The van der Waals surface area contributed by atoms with E-state index in [4.69, 9.17) is 0 Å². The van der Waals surface area contributed by atoms with E-state index in [1.54, 1.807) is 4.90 Å². The fraction of sp³-hybridized carbons (Fsp3) is 0.250. The van der Waals surface area contributed by atoms with Crippen LogP contribution < -0.4 is 5.32 Å². The van der Waals surface area contributed by atoms with E-state index < -0.39 is 17.7 Å². The van der Waals surface area contributed by atoms with Crippen LogP contribution in [0.2, 0.25) is 0 Å². The molecule has 2 N–H and O–H groups in total. The first-order valence-corrected chi connectivity index (χ1v) is 11.6. The Morgan fingerprint density at radius 2 is 1.68 bits per heavy atom. The number of benzene rings is 3. The summed E-state index contributed by atoms with van der Waals surface area (Å²) in [5.74, 6) is -1.32. The second-order valence-electron chi connectivity index (χ2n) is 9.71. The van der Waals surface area contributed by atoms with Crippen LogP contribution in [0, 0.1) is 25.5 Å². The summed E-state index contributed by atoms with van der Waals surface area (Å²) in [6.45, 7) is 4.34. The molecule has 34 heavy (non-hydrogen) atoms. The number of amides is 2. The average Bonchev–Trinajstić information content (AvgIpc) is 3.43. The highest BCUT2D eigenvalue weighted by atomic mass is 19.1. The van der Waals surface area contributed by atoms with Gasteiger partial charge in [0.25, 0.3) is 0 Å². The Bertz CT molecular complexity index is 1410. The number of hydrogen-bond acceptors (Lipinski definition) is 1. The van der Waals surface area contributed by atoms with E-state index in [0.29, 0.717) is 17.9 Å². The Morgan fingerprint density at radius 3 is 2.35 bits per heavy atom. The Kier molecular flexibility index (Phi) is 4.56. The smallest absolute Gasteiger partial charge is 0.322 e. The number of anilines is 1. The molecule has 2 aliphatic rings. The number of nitrogens with zero attached hydrogens (tertiary/aromatic N) is 1. The van der Waals surface area contributed by atoms with Crippen molar-refractivity contribution in [2.24, 2.45) is 0 Å². The molecule has 0 saturated heterocycles. The molecule has 0 bridgehead atoms. The van der Waals surface area contributed by atoms with Crippen molar-refractivity contribution >= 4 is 22.6 Å². The van der Waals surface area contributed by atoms with E-state index in [1.165, 1.54) is 18.2 Å². The van der Waals surface area contributed by atoms with Gasteiger partial charge >= 0.3 is 6.03 Å². The number of nitrogens with one attached hydrogen (secondary N) is 2. The third-order valence-electron chi connectivity index (χ3n) is 7.18. The van der Waals surface area contributed by atoms with Gasteiger partial charge in [-0.05, 0) is 73.7 Å². The van der Waals surface area contributed by atoms with Crippen molar-refractivity contribution in [1.82, 2.24) is 9.88 Å². The van der Waals surface area contributed by atoms with E-state index in [-0.39, 0.29) is 17.0 Å². The third-order valence-corrected chi connectivity index (χ3v) is 7.18. The van der Waals surface area contributed by atoms with Gasteiger partial charge in [-0.15, -0.1) is 0 Å². The monoisotopic (exact) mass is 457 g/mol. The van der Waals surface area contributed by atoms with Crippen LogP contribution in [-0.2, 0) is 5.41 Å². The first-order chi connectivity index (χ1) is 16.4. The van der Waals surface area contributed by atoms with E-state index in [0.717, 1.165) is 40.4 Å². The molecule has 2 amide bonds. The molecule has 1 aromatic heterocycles. The Hall–Kier alpha value is -3.67. The van der Waals surface area contributed by atoms with Gasteiger partial charge in [0, 0.05) is 34.2 Å². The molecule has 6 heteroatoms. The molecule has 1 fully saturated rings. The fourth-order valence-electron chi connectivity index (χ4n) is 5.65. The minimum atomic E-state index is -0.902. The number of carbonyl (C=O) groups is 1. The zero-order valence-electron chi connectivity index (χ0n) is 19.1.